The van der Waals surface area contributed by atoms with Gasteiger partial charge >= 0.3 is 0 Å². The fraction of sp³-hybridized carbons (Fsp3) is 0.533. The molecule has 1 atom stereocenters. The summed E-state index contributed by atoms with van der Waals surface area (Å²) in [6.07, 6.45) is 1.92. The van der Waals surface area contributed by atoms with Gasteiger partial charge in [0.25, 0.3) is 0 Å². The zero-order chi connectivity index (χ0) is 14.3. The van der Waals surface area contributed by atoms with Gasteiger partial charge in [0.1, 0.15) is 0 Å². The predicted octanol–water partition coefficient (Wildman–Crippen LogP) is 3.30. The van der Waals surface area contributed by atoms with Crippen molar-refractivity contribution < 1.29 is 4.79 Å². The molecule has 0 saturated heterocycles. The maximum absolute atomic E-state index is 11.8. The van der Waals surface area contributed by atoms with E-state index in [1.807, 2.05) is 31.2 Å². The highest BCUT2D eigenvalue weighted by atomic mass is 35.5. The van der Waals surface area contributed by atoms with Crippen molar-refractivity contribution in [3.8, 4) is 0 Å². The third-order valence-electron chi connectivity index (χ3n) is 3.29. The Morgan fingerprint density at radius 3 is 2.47 bits per heavy atom. The highest BCUT2D eigenvalue weighted by Gasteiger charge is 2.12. The lowest BCUT2D eigenvalue weighted by molar-refractivity contribution is -0.121. The molecule has 1 amide bonds. The Morgan fingerprint density at radius 1 is 1.26 bits per heavy atom. The van der Waals surface area contributed by atoms with Gasteiger partial charge in [0.05, 0.1) is 6.54 Å². The maximum atomic E-state index is 11.8. The van der Waals surface area contributed by atoms with Crippen molar-refractivity contribution in [2.24, 2.45) is 0 Å². The molecule has 0 fully saturated rings. The fourth-order valence-corrected chi connectivity index (χ4v) is 2.25. The summed E-state index contributed by atoms with van der Waals surface area (Å²) in [5.74, 6) is 0.0348. The number of amides is 1. The molecule has 0 bridgehead atoms. The first kappa shape index (κ1) is 16.0. The minimum Gasteiger partial charge on any atom is -0.352 e. The van der Waals surface area contributed by atoms with Crippen molar-refractivity contribution in [1.82, 2.24) is 10.6 Å². The van der Waals surface area contributed by atoms with Crippen LogP contribution in [0.25, 0.3) is 0 Å². The number of carbonyl (C=O) groups excluding carboxylic acids is 1. The molecule has 1 rings (SSSR count). The number of nitrogens with one attached hydrogen (secondary N) is 2. The predicted molar refractivity (Wildman–Crippen MR) is 80.4 cm³/mol. The van der Waals surface area contributed by atoms with Crippen molar-refractivity contribution >= 4 is 17.5 Å². The van der Waals surface area contributed by atoms with Crippen molar-refractivity contribution in [1.29, 1.82) is 0 Å². The van der Waals surface area contributed by atoms with E-state index in [9.17, 15) is 4.79 Å². The second-order valence-electron chi connectivity index (χ2n) is 4.71. The first-order chi connectivity index (χ1) is 9.08. The normalized spacial score (nSPS) is 12.5. The zero-order valence-electron chi connectivity index (χ0n) is 11.9. The van der Waals surface area contributed by atoms with E-state index in [-0.39, 0.29) is 18.0 Å². The summed E-state index contributed by atoms with van der Waals surface area (Å²) in [5, 5.41) is 6.92. The maximum Gasteiger partial charge on any atom is 0.234 e. The van der Waals surface area contributed by atoms with E-state index in [0.717, 1.165) is 23.4 Å². The molecule has 0 aliphatic rings. The second-order valence-corrected chi connectivity index (χ2v) is 5.11. The average molecular weight is 283 g/mol. The molecule has 0 heterocycles. The molecule has 2 N–H and O–H groups in total. The van der Waals surface area contributed by atoms with Gasteiger partial charge in [-0.05, 0) is 31.4 Å². The monoisotopic (exact) mass is 282 g/mol. The molecule has 0 saturated carbocycles. The van der Waals surface area contributed by atoms with E-state index >= 15 is 0 Å². The molecular formula is C15H23ClN2O. The second kappa shape index (κ2) is 8.18. The SMILES string of the molecule is CCC(CC)NC(=O)CN[C@@H](C)c1ccccc1Cl. The van der Waals surface area contributed by atoms with E-state index < -0.39 is 0 Å². The molecule has 0 aliphatic carbocycles. The van der Waals surface area contributed by atoms with Gasteiger partial charge < -0.3 is 10.6 Å². The summed E-state index contributed by atoms with van der Waals surface area (Å²) in [6.45, 7) is 6.47. The molecule has 4 heteroatoms. The molecule has 0 aliphatic heterocycles. The summed E-state index contributed by atoms with van der Waals surface area (Å²) in [5.41, 5.74) is 1.01. The zero-order valence-corrected chi connectivity index (χ0v) is 12.6. The number of hydrogen-bond donors (Lipinski definition) is 2. The van der Waals surface area contributed by atoms with Gasteiger partial charge in [-0.15, -0.1) is 0 Å². The Bertz CT molecular complexity index is 405. The van der Waals surface area contributed by atoms with Crippen molar-refractivity contribution in [3.63, 3.8) is 0 Å². The van der Waals surface area contributed by atoms with Crippen molar-refractivity contribution in [2.75, 3.05) is 6.54 Å². The van der Waals surface area contributed by atoms with Crippen molar-refractivity contribution in [2.45, 2.75) is 45.7 Å². The van der Waals surface area contributed by atoms with Crippen LogP contribution in [-0.2, 0) is 4.79 Å². The lowest BCUT2D eigenvalue weighted by Gasteiger charge is -2.18. The smallest absolute Gasteiger partial charge is 0.234 e. The fourth-order valence-electron chi connectivity index (χ4n) is 1.95. The molecule has 0 spiro atoms. The van der Waals surface area contributed by atoms with Gasteiger partial charge in [-0.1, -0.05) is 43.6 Å². The highest BCUT2D eigenvalue weighted by Crippen LogP contribution is 2.21. The molecule has 0 radical (unpaired) electrons. The van der Waals surface area contributed by atoms with Gasteiger partial charge in [-0.3, -0.25) is 4.79 Å². The Morgan fingerprint density at radius 2 is 1.89 bits per heavy atom. The van der Waals surface area contributed by atoms with Gasteiger partial charge in [0.2, 0.25) is 5.91 Å². The molecule has 19 heavy (non-hydrogen) atoms. The largest absolute Gasteiger partial charge is 0.352 e. The molecule has 106 valence electrons. The number of carbonyl (C=O) groups is 1. The summed E-state index contributed by atoms with van der Waals surface area (Å²) >= 11 is 6.12. The Kier molecular flexibility index (Phi) is 6.89. The lowest BCUT2D eigenvalue weighted by Crippen LogP contribution is -2.40. The van der Waals surface area contributed by atoms with E-state index in [0.29, 0.717) is 6.54 Å². The van der Waals surface area contributed by atoms with Crippen LogP contribution in [0.2, 0.25) is 5.02 Å². The average Bonchev–Trinajstić information content (AvgIpc) is 2.42. The van der Waals surface area contributed by atoms with Gasteiger partial charge in [0.15, 0.2) is 0 Å². The number of rotatable bonds is 7. The molecule has 0 unspecified atom stereocenters. The van der Waals surface area contributed by atoms with Crippen LogP contribution in [0.3, 0.4) is 0 Å². The number of benzene rings is 1. The van der Waals surface area contributed by atoms with E-state index in [2.05, 4.69) is 24.5 Å². The molecular weight excluding hydrogens is 260 g/mol. The topological polar surface area (TPSA) is 41.1 Å². The summed E-state index contributed by atoms with van der Waals surface area (Å²) in [4.78, 5) is 11.8. The van der Waals surface area contributed by atoms with Crippen LogP contribution in [0.1, 0.15) is 45.2 Å². The van der Waals surface area contributed by atoms with Crippen LogP contribution < -0.4 is 10.6 Å². The van der Waals surface area contributed by atoms with E-state index in [1.165, 1.54) is 0 Å². The number of halogens is 1. The molecule has 1 aromatic rings. The van der Waals surface area contributed by atoms with Crippen LogP contribution >= 0.6 is 11.6 Å². The molecule has 1 aromatic carbocycles. The molecule has 3 nitrogen and oxygen atoms in total. The first-order valence-corrected chi connectivity index (χ1v) is 7.23. The Labute approximate surface area is 120 Å². The van der Waals surface area contributed by atoms with Crippen LogP contribution in [0.5, 0.6) is 0 Å². The molecule has 0 aromatic heterocycles. The minimum atomic E-state index is 0.0348. The van der Waals surface area contributed by atoms with Crippen LogP contribution in [-0.4, -0.2) is 18.5 Å². The van der Waals surface area contributed by atoms with Gasteiger partial charge in [-0.25, -0.2) is 0 Å². The van der Waals surface area contributed by atoms with E-state index in [4.69, 9.17) is 11.6 Å². The van der Waals surface area contributed by atoms with Gasteiger partial charge in [0, 0.05) is 17.1 Å². The van der Waals surface area contributed by atoms with E-state index in [1.54, 1.807) is 0 Å². The van der Waals surface area contributed by atoms with Crippen LogP contribution in [0.15, 0.2) is 24.3 Å². The summed E-state index contributed by atoms with van der Waals surface area (Å²) in [6, 6.07) is 8.01. The van der Waals surface area contributed by atoms with Crippen LogP contribution in [0, 0.1) is 0 Å². The quantitative estimate of drug-likeness (QED) is 0.806. The Hall–Kier alpha value is -1.06. The standard InChI is InChI=1S/C15H23ClN2O/c1-4-12(5-2)18-15(19)10-17-11(3)13-8-6-7-9-14(13)16/h6-9,11-12,17H,4-5,10H2,1-3H3,(H,18,19)/t11-/m0/s1. The third kappa shape index (κ3) is 5.21. The number of hydrogen-bond acceptors (Lipinski definition) is 2. The van der Waals surface area contributed by atoms with Crippen molar-refractivity contribution in [3.05, 3.63) is 34.9 Å². The minimum absolute atomic E-state index is 0.0348. The first-order valence-electron chi connectivity index (χ1n) is 6.85. The van der Waals surface area contributed by atoms with Gasteiger partial charge in [-0.2, -0.15) is 0 Å². The third-order valence-corrected chi connectivity index (χ3v) is 3.64. The summed E-state index contributed by atoms with van der Waals surface area (Å²) in [7, 11) is 0. The lowest BCUT2D eigenvalue weighted by atomic mass is 10.1. The Balaban J connectivity index is 2.44. The summed E-state index contributed by atoms with van der Waals surface area (Å²) < 4.78 is 0. The highest BCUT2D eigenvalue weighted by molar-refractivity contribution is 6.31. The van der Waals surface area contributed by atoms with Crippen LogP contribution in [0.4, 0.5) is 0 Å².